The van der Waals surface area contributed by atoms with Crippen LogP contribution >= 0.6 is 22.7 Å². The molecule has 70 heavy (non-hydrogen) atoms. The van der Waals surface area contributed by atoms with Crippen LogP contribution in [0.1, 0.15) is 82.8 Å². The highest BCUT2D eigenvalue weighted by atomic mass is 32.1. The molecule has 3 amide bonds. The molecule has 2 aromatic heterocycles. The van der Waals surface area contributed by atoms with Gasteiger partial charge >= 0.3 is 18.0 Å². The number of rotatable bonds is 24. The number of ketones is 1. The lowest BCUT2D eigenvalue weighted by Gasteiger charge is -2.18. The molecule has 1 aliphatic carbocycles. The third-order valence-corrected chi connectivity index (χ3v) is 13.6. The molecule has 7 rings (SSSR count). The number of nitrogens with one attached hydrogen (secondary N) is 2. The maximum Gasteiger partial charge on any atom is 0.407 e. The molecule has 0 unspecified atom stereocenters. The molecular weight excluding hydrogens is 939 g/mol. The number of esters is 2. The number of fused-ring (bicyclic) bond motifs is 5. The van der Waals surface area contributed by atoms with Gasteiger partial charge in [0, 0.05) is 53.9 Å². The first-order valence-corrected chi connectivity index (χ1v) is 24.6. The topological polar surface area (TPSA) is 194 Å². The summed E-state index contributed by atoms with van der Waals surface area (Å²) in [6.07, 6.45) is -0.257. The first-order valence-electron chi connectivity index (χ1n) is 22.9. The number of amides is 3. The highest BCUT2D eigenvalue weighted by molar-refractivity contribution is 7.21. The lowest BCUT2D eigenvalue weighted by molar-refractivity contribution is -0.144. The summed E-state index contributed by atoms with van der Waals surface area (Å²) in [7, 11) is 3.17. The Morgan fingerprint density at radius 3 is 1.86 bits per heavy atom. The lowest BCUT2D eigenvalue weighted by atomic mass is 9.98. The molecular formula is C52H55N3O13S2. The van der Waals surface area contributed by atoms with Crippen LogP contribution in [0.4, 0.5) is 4.79 Å². The number of hydrogen-bond donors (Lipinski definition) is 2. The predicted octanol–water partition coefficient (Wildman–Crippen LogP) is 8.90. The van der Waals surface area contributed by atoms with Crippen molar-refractivity contribution in [3.8, 4) is 34.1 Å². The number of nitrogens with zero attached hydrogens (tertiary/aromatic N) is 1. The van der Waals surface area contributed by atoms with Gasteiger partial charge in [-0.05, 0) is 78.1 Å². The minimum absolute atomic E-state index is 0.00789. The van der Waals surface area contributed by atoms with Gasteiger partial charge in [0.15, 0.2) is 35.5 Å². The fourth-order valence-electron chi connectivity index (χ4n) is 7.83. The first-order chi connectivity index (χ1) is 33.9. The van der Waals surface area contributed by atoms with E-state index in [1.807, 2.05) is 42.5 Å². The molecule has 0 saturated carbocycles. The van der Waals surface area contributed by atoms with E-state index >= 15 is 0 Å². The van der Waals surface area contributed by atoms with E-state index in [2.05, 4.69) is 22.8 Å². The molecule has 0 saturated heterocycles. The summed E-state index contributed by atoms with van der Waals surface area (Å²) in [5, 5.41) is 6.81. The minimum atomic E-state index is -0.961. The zero-order valence-corrected chi connectivity index (χ0v) is 41.2. The molecule has 1 aliphatic rings. The van der Waals surface area contributed by atoms with Gasteiger partial charge in [0.25, 0.3) is 5.91 Å². The molecule has 2 heterocycles. The molecule has 2 N–H and O–H groups in total. The SMILES string of the molecule is CCOC(=O)CCC(=O)c1cc2cc(OCCCOc3cc4sc(C(=O)N(C)CCC(=O)OCC)cc4cc3OC)c(OCNC(=O)[C@H](C)NC(=O)OCC3c4ccccc4-c4ccccc43)cc2s1. The molecule has 6 aromatic rings. The maximum atomic E-state index is 13.2. The molecule has 0 aliphatic heterocycles. The Morgan fingerprint density at radius 2 is 1.23 bits per heavy atom. The van der Waals surface area contributed by atoms with E-state index in [0.717, 1.165) is 32.3 Å². The van der Waals surface area contributed by atoms with E-state index < -0.39 is 24.0 Å². The minimum Gasteiger partial charge on any atom is -0.493 e. The summed E-state index contributed by atoms with van der Waals surface area (Å²) >= 11 is 2.54. The molecule has 4 aromatic carbocycles. The van der Waals surface area contributed by atoms with Crippen molar-refractivity contribution in [1.29, 1.82) is 0 Å². The van der Waals surface area contributed by atoms with Crippen molar-refractivity contribution in [1.82, 2.24) is 15.5 Å². The van der Waals surface area contributed by atoms with Crippen LogP contribution in [0.3, 0.4) is 0 Å². The molecule has 0 bridgehead atoms. The van der Waals surface area contributed by atoms with Crippen molar-refractivity contribution in [2.24, 2.45) is 0 Å². The normalized spacial score (nSPS) is 12.1. The number of thiophene rings is 2. The average molecular weight is 994 g/mol. The number of benzene rings is 4. The van der Waals surface area contributed by atoms with Gasteiger partial charge < -0.3 is 48.7 Å². The van der Waals surface area contributed by atoms with Gasteiger partial charge in [-0.15, -0.1) is 22.7 Å². The lowest BCUT2D eigenvalue weighted by Crippen LogP contribution is -2.46. The fraction of sp³-hybridized carbons (Fsp3) is 0.346. The van der Waals surface area contributed by atoms with Crippen LogP contribution in [0.25, 0.3) is 31.3 Å². The number of hydrogen-bond acceptors (Lipinski definition) is 15. The Morgan fingerprint density at radius 1 is 0.671 bits per heavy atom. The van der Waals surface area contributed by atoms with Gasteiger partial charge in [-0.1, -0.05) is 48.5 Å². The predicted molar refractivity (Wildman–Crippen MR) is 266 cm³/mol. The second kappa shape index (κ2) is 23.9. The van der Waals surface area contributed by atoms with Gasteiger partial charge in [0.2, 0.25) is 5.91 Å². The highest BCUT2D eigenvalue weighted by Gasteiger charge is 2.30. The van der Waals surface area contributed by atoms with Gasteiger partial charge in [-0.25, -0.2) is 4.79 Å². The van der Waals surface area contributed by atoms with Crippen molar-refractivity contribution >= 4 is 78.5 Å². The van der Waals surface area contributed by atoms with Gasteiger partial charge in [-0.3, -0.25) is 24.0 Å². The number of ether oxygens (including phenoxy) is 7. The number of Topliss-reactive ketones (excluding diaryl/α,β-unsaturated/α-hetero) is 1. The van der Waals surface area contributed by atoms with Crippen LogP contribution in [0.15, 0.2) is 84.9 Å². The summed E-state index contributed by atoms with van der Waals surface area (Å²) in [5.74, 6) is -0.292. The van der Waals surface area contributed by atoms with Gasteiger partial charge in [-0.2, -0.15) is 0 Å². The average Bonchev–Trinajstić information content (AvgIpc) is 4.07. The van der Waals surface area contributed by atoms with E-state index in [9.17, 15) is 28.8 Å². The Labute approximate surface area is 413 Å². The summed E-state index contributed by atoms with van der Waals surface area (Å²) < 4.78 is 41.2. The van der Waals surface area contributed by atoms with E-state index in [4.69, 9.17) is 33.2 Å². The summed E-state index contributed by atoms with van der Waals surface area (Å²) in [4.78, 5) is 78.6. The van der Waals surface area contributed by atoms with Crippen molar-refractivity contribution in [3.05, 3.63) is 106 Å². The smallest absolute Gasteiger partial charge is 0.407 e. The summed E-state index contributed by atoms with van der Waals surface area (Å²) in [5.41, 5.74) is 4.35. The zero-order chi connectivity index (χ0) is 49.7. The number of alkyl carbamates (subject to hydrolysis) is 1. The van der Waals surface area contributed by atoms with Crippen LogP contribution in [0, 0.1) is 0 Å². The Balaban J connectivity index is 0.954. The summed E-state index contributed by atoms with van der Waals surface area (Å²) in [6.45, 7) is 5.94. The standard InChI is InChI=1S/C52H55N3O13S2/c1-6-63-48(57)18-17-39(56)46-25-33-24-41(65-21-12-22-66-42-27-45-32(23-40(42)62-5)26-47(70-45)51(60)55(4)20-19-49(58)64-7-2)43(28-44(33)69-46)68-30-53-50(59)31(3)54-52(61)67-29-38-36-15-10-8-13-34(36)35-14-9-11-16-37(35)38/h8-11,13-16,23-28,31,38H,6-7,12,17-22,29-30H2,1-5H3,(H,53,59)(H,54,61)/t31-/m0/s1. The van der Waals surface area contributed by atoms with E-state index in [1.165, 1.54) is 41.6 Å². The maximum absolute atomic E-state index is 13.2. The number of carbonyl (C=O) groups is 6. The molecule has 0 spiro atoms. The molecule has 0 radical (unpaired) electrons. The molecule has 368 valence electrons. The monoisotopic (exact) mass is 993 g/mol. The zero-order valence-electron chi connectivity index (χ0n) is 39.6. The quantitative estimate of drug-likeness (QED) is 0.0192. The molecule has 1 atom stereocenters. The Hall–Kier alpha value is -7.18. The Kier molecular flexibility index (Phi) is 17.3. The third kappa shape index (κ3) is 12.5. The van der Waals surface area contributed by atoms with Crippen molar-refractivity contribution in [3.63, 3.8) is 0 Å². The number of methoxy groups -OCH3 is 1. The summed E-state index contributed by atoms with van der Waals surface area (Å²) in [6, 6.07) is 25.7. The van der Waals surface area contributed by atoms with Crippen LogP contribution < -0.4 is 29.6 Å². The van der Waals surface area contributed by atoms with Crippen molar-refractivity contribution in [2.45, 2.75) is 58.4 Å². The third-order valence-electron chi connectivity index (χ3n) is 11.4. The van der Waals surface area contributed by atoms with E-state index in [1.54, 1.807) is 51.2 Å². The van der Waals surface area contributed by atoms with Crippen LogP contribution in [0.5, 0.6) is 23.0 Å². The van der Waals surface area contributed by atoms with Crippen LogP contribution in [-0.4, -0.2) is 107 Å². The van der Waals surface area contributed by atoms with Crippen molar-refractivity contribution < 1.29 is 61.9 Å². The van der Waals surface area contributed by atoms with Crippen molar-refractivity contribution in [2.75, 3.05) is 60.5 Å². The van der Waals surface area contributed by atoms with Crippen LogP contribution in [-0.2, 0) is 28.6 Å². The highest BCUT2D eigenvalue weighted by Crippen LogP contribution is 2.45. The molecule has 0 fully saturated rings. The van der Waals surface area contributed by atoms with E-state index in [-0.39, 0.29) is 89.2 Å². The first kappa shape index (κ1) is 50.7. The second-order valence-electron chi connectivity index (χ2n) is 16.2. The second-order valence-corrected chi connectivity index (χ2v) is 18.3. The van der Waals surface area contributed by atoms with Crippen LogP contribution in [0.2, 0.25) is 0 Å². The van der Waals surface area contributed by atoms with Gasteiger partial charge in [0.1, 0.15) is 12.6 Å². The largest absolute Gasteiger partial charge is 0.493 e. The fourth-order valence-corrected chi connectivity index (χ4v) is 9.94. The van der Waals surface area contributed by atoms with E-state index in [0.29, 0.717) is 49.3 Å². The Bertz CT molecular complexity index is 2830. The molecule has 18 heteroatoms. The molecule has 16 nitrogen and oxygen atoms in total. The number of carbonyl (C=O) groups excluding carboxylic acids is 6. The van der Waals surface area contributed by atoms with Gasteiger partial charge in [0.05, 0.1) is 56.1 Å².